The summed E-state index contributed by atoms with van der Waals surface area (Å²) in [7, 11) is 1.67. The summed E-state index contributed by atoms with van der Waals surface area (Å²) in [6.45, 7) is 2.26. The SMILES string of the molecule is Cc1nnc(CNC(=O)c2ccc3c(c2)N(C)C(=O)CO3)n1C1CC1. The molecule has 8 nitrogen and oxygen atoms in total. The number of hydrogen-bond acceptors (Lipinski definition) is 5. The minimum atomic E-state index is -0.225. The molecular weight excluding hydrogens is 322 g/mol. The Labute approximate surface area is 144 Å². The van der Waals surface area contributed by atoms with E-state index < -0.39 is 0 Å². The van der Waals surface area contributed by atoms with Crippen molar-refractivity contribution >= 4 is 17.5 Å². The lowest BCUT2D eigenvalue weighted by Crippen LogP contribution is -2.35. The Hall–Kier alpha value is -2.90. The maximum atomic E-state index is 12.5. The number of aromatic nitrogens is 3. The van der Waals surface area contributed by atoms with Gasteiger partial charge in [0.15, 0.2) is 12.4 Å². The van der Waals surface area contributed by atoms with Crippen LogP contribution in [0.25, 0.3) is 0 Å². The molecule has 2 amide bonds. The Morgan fingerprint density at radius 3 is 2.92 bits per heavy atom. The van der Waals surface area contributed by atoms with Gasteiger partial charge in [-0.15, -0.1) is 10.2 Å². The van der Waals surface area contributed by atoms with Crippen LogP contribution < -0.4 is 15.0 Å². The highest BCUT2D eigenvalue weighted by Crippen LogP contribution is 2.36. The van der Waals surface area contributed by atoms with Gasteiger partial charge in [-0.25, -0.2) is 0 Å². The molecule has 8 heteroatoms. The zero-order valence-electron chi connectivity index (χ0n) is 14.2. The molecular formula is C17H19N5O3. The smallest absolute Gasteiger partial charge is 0.264 e. The molecule has 2 aliphatic rings. The number of aryl methyl sites for hydroxylation is 1. The molecule has 1 fully saturated rings. The minimum absolute atomic E-state index is 0.0191. The van der Waals surface area contributed by atoms with Gasteiger partial charge in [0.25, 0.3) is 11.8 Å². The molecule has 1 saturated carbocycles. The molecule has 0 atom stereocenters. The summed E-state index contributed by atoms with van der Waals surface area (Å²) >= 11 is 0. The number of fused-ring (bicyclic) bond motifs is 1. The molecule has 1 aliphatic carbocycles. The fraction of sp³-hybridized carbons (Fsp3) is 0.412. The summed E-state index contributed by atoms with van der Waals surface area (Å²) in [5.41, 5.74) is 1.07. The molecule has 1 aromatic heterocycles. The highest BCUT2D eigenvalue weighted by molar-refractivity contribution is 6.00. The zero-order chi connectivity index (χ0) is 17.6. The summed E-state index contributed by atoms with van der Waals surface area (Å²) in [6, 6.07) is 5.53. The first-order valence-electron chi connectivity index (χ1n) is 8.26. The Morgan fingerprint density at radius 1 is 1.36 bits per heavy atom. The summed E-state index contributed by atoms with van der Waals surface area (Å²) < 4.78 is 7.47. The van der Waals surface area contributed by atoms with Gasteiger partial charge in [-0.2, -0.15) is 0 Å². The summed E-state index contributed by atoms with van der Waals surface area (Å²) in [4.78, 5) is 25.7. The lowest BCUT2D eigenvalue weighted by molar-refractivity contribution is -0.120. The van der Waals surface area contributed by atoms with Crippen molar-refractivity contribution < 1.29 is 14.3 Å². The number of ether oxygens (including phenoxy) is 1. The van der Waals surface area contributed by atoms with Crippen LogP contribution in [0, 0.1) is 6.92 Å². The number of likely N-dealkylation sites (N-methyl/N-ethyl adjacent to an activating group) is 1. The largest absolute Gasteiger partial charge is 0.482 e. The lowest BCUT2D eigenvalue weighted by atomic mass is 10.1. The molecule has 0 bridgehead atoms. The number of carbonyl (C=O) groups excluding carboxylic acids is 2. The first-order valence-corrected chi connectivity index (χ1v) is 8.26. The predicted octanol–water partition coefficient (Wildman–Crippen LogP) is 1.21. The maximum absolute atomic E-state index is 12.5. The normalized spacial score (nSPS) is 16.4. The van der Waals surface area contributed by atoms with E-state index in [1.165, 1.54) is 4.90 Å². The monoisotopic (exact) mass is 341 g/mol. The number of benzene rings is 1. The van der Waals surface area contributed by atoms with E-state index in [1.807, 2.05) is 6.92 Å². The number of nitrogens with one attached hydrogen (secondary N) is 1. The first-order chi connectivity index (χ1) is 12.0. The van der Waals surface area contributed by atoms with E-state index in [-0.39, 0.29) is 18.4 Å². The molecule has 0 saturated heterocycles. The molecule has 25 heavy (non-hydrogen) atoms. The van der Waals surface area contributed by atoms with E-state index in [9.17, 15) is 9.59 Å². The van der Waals surface area contributed by atoms with E-state index in [0.29, 0.717) is 29.6 Å². The topological polar surface area (TPSA) is 89.3 Å². The quantitative estimate of drug-likeness (QED) is 0.903. The van der Waals surface area contributed by atoms with Crippen LogP contribution in [0.1, 0.15) is 40.9 Å². The third-order valence-corrected chi connectivity index (χ3v) is 4.56. The molecule has 2 heterocycles. The molecule has 1 N–H and O–H groups in total. The van der Waals surface area contributed by atoms with E-state index >= 15 is 0 Å². The highest BCUT2D eigenvalue weighted by Gasteiger charge is 2.28. The molecule has 1 aromatic carbocycles. The summed E-state index contributed by atoms with van der Waals surface area (Å²) in [6.07, 6.45) is 2.26. The summed E-state index contributed by atoms with van der Waals surface area (Å²) in [5.74, 6) is 1.87. The van der Waals surface area contributed by atoms with Crippen molar-refractivity contribution in [3.05, 3.63) is 35.4 Å². The van der Waals surface area contributed by atoms with Crippen LogP contribution in [0.15, 0.2) is 18.2 Å². The fourth-order valence-electron chi connectivity index (χ4n) is 3.02. The molecule has 0 spiro atoms. The van der Waals surface area contributed by atoms with Gasteiger partial charge in [0.1, 0.15) is 11.6 Å². The molecule has 2 aromatic rings. The van der Waals surface area contributed by atoms with Gasteiger partial charge in [0.2, 0.25) is 0 Å². The minimum Gasteiger partial charge on any atom is -0.482 e. The number of rotatable bonds is 4. The van der Waals surface area contributed by atoms with Crippen molar-refractivity contribution in [1.82, 2.24) is 20.1 Å². The Morgan fingerprint density at radius 2 is 2.16 bits per heavy atom. The van der Waals surface area contributed by atoms with Crippen LogP contribution in [0.2, 0.25) is 0 Å². The second-order valence-electron chi connectivity index (χ2n) is 6.37. The van der Waals surface area contributed by atoms with Gasteiger partial charge < -0.3 is 19.5 Å². The van der Waals surface area contributed by atoms with Crippen molar-refractivity contribution in [3.63, 3.8) is 0 Å². The Balaban J connectivity index is 1.49. The number of hydrogen-bond donors (Lipinski definition) is 1. The molecule has 130 valence electrons. The first kappa shape index (κ1) is 15.6. The van der Waals surface area contributed by atoms with E-state index in [1.54, 1.807) is 25.2 Å². The van der Waals surface area contributed by atoms with Crippen molar-refractivity contribution in [1.29, 1.82) is 0 Å². The maximum Gasteiger partial charge on any atom is 0.264 e. The molecule has 0 unspecified atom stereocenters. The van der Waals surface area contributed by atoms with Gasteiger partial charge in [0.05, 0.1) is 12.2 Å². The Bertz CT molecular complexity index is 856. The average molecular weight is 341 g/mol. The van der Waals surface area contributed by atoms with Crippen molar-refractivity contribution in [3.8, 4) is 5.75 Å². The number of anilines is 1. The fourth-order valence-corrected chi connectivity index (χ4v) is 3.02. The van der Waals surface area contributed by atoms with E-state index in [0.717, 1.165) is 24.5 Å². The van der Waals surface area contributed by atoms with Gasteiger partial charge in [-0.3, -0.25) is 9.59 Å². The predicted molar refractivity (Wildman–Crippen MR) is 89.5 cm³/mol. The van der Waals surface area contributed by atoms with Crippen molar-refractivity contribution in [2.24, 2.45) is 0 Å². The summed E-state index contributed by atoms with van der Waals surface area (Å²) in [5, 5.41) is 11.1. The van der Waals surface area contributed by atoms with Gasteiger partial charge in [0, 0.05) is 18.7 Å². The van der Waals surface area contributed by atoms with Crippen LogP contribution in [0.3, 0.4) is 0 Å². The van der Waals surface area contributed by atoms with E-state index in [2.05, 4.69) is 20.1 Å². The number of nitrogens with zero attached hydrogens (tertiary/aromatic N) is 4. The number of carbonyl (C=O) groups is 2. The van der Waals surface area contributed by atoms with E-state index in [4.69, 9.17) is 4.74 Å². The van der Waals surface area contributed by atoms with Crippen LogP contribution in [0.5, 0.6) is 5.75 Å². The average Bonchev–Trinajstić information content (AvgIpc) is 3.38. The van der Waals surface area contributed by atoms with Crippen LogP contribution in [-0.2, 0) is 11.3 Å². The van der Waals surface area contributed by atoms with Crippen molar-refractivity contribution in [2.75, 3.05) is 18.6 Å². The standard InChI is InChI=1S/C17H19N5O3/c1-10-19-20-15(22(10)12-4-5-12)8-18-17(24)11-3-6-14-13(7-11)21(2)16(23)9-25-14/h3,6-7,12H,4-5,8-9H2,1-2H3,(H,18,24). The third kappa shape index (κ3) is 2.84. The molecule has 1 aliphatic heterocycles. The zero-order valence-corrected chi connectivity index (χ0v) is 14.2. The lowest BCUT2D eigenvalue weighted by Gasteiger charge is -2.26. The molecule has 0 radical (unpaired) electrons. The van der Waals surface area contributed by atoms with Crippen LogP contribution in [-0.4, -0.2) is 40.2 Å². The van der Waals surface area contributed by atoms with Crippen LogP contribution >= 0.6 is 0 Å². The second-order valence-corrected chi connectivity index (χ2v) is 6.37. The Kier molecular flexibility index (Phi) is 3.67. The third-order valence-electron chi connectivity index (χ3n) is 4.56. The highest BCUT2D eigenvalue weighted by atomic mass is 16.5. The van der Waals surface area contributed by atoms with Gasteiger partial charge >= 0.3 is 0 Å². The molecule has 4 rings (SSSR count). The van der Waals surface area contributed by atoms with Gasteiger partial charge in [-0.05, 0) is 38.0 Å². The second kappa shape index (κ2) is 5.87. The van der Waals surface area contributed by atoms with Crippen LogP contribution in [0.4, 0.5) is 5.69 Å². The van der Waals surface area contributed by atoms with Gasteiger partial charge in [-0.1, -0.05) is 0 Å². The number of amides is 2. The van der Waals surface area contributed by atoms with Crippen molar-refractivity contribution in [2.45, 2.75) is 32.4 Å².